The number of carbonyl (C=O) groups is 1. The molecule has 1 aromatic carbocycles. The Hall–Kier alpha value is -1.55. The molecule has 2 atom stereocenters. The summed E-state index contributed by atoms with van der Waals surface area (Å²) in [6.07, 6.45) is 0.731. The van der Waals surface area contributed by atoms with E-state index in [9.17, 15) is 4.79 Å². The van der Waals surface area contributed by atoms with Crippen molar-refractivity contribution in [1.82, 2.24) is 0 Å². The highest BCUT2D eigenvalue weighted by molar-refractivity contribution is 5.86. The third-order valence-electron chi connectivity index (χ3n) is 3.55. The minimum absolute atomic E-state index is 0.413. The molecular weight excluding hydrogens is 252 g/mol. The van der Waals surface area contributed by atoms with Gasteiger partial charge in [0.05, 0.1) is 0 Å². The molecule has 2 unspecified atom stereocenters. The summed E-state index contributed by atoms with van der Waals surface area (Å²) in [5.74, 6) is 1.13. The lowest BCUT2D eigenvalue weighted by atomic mass is 10.1. The van der Waals surface area contributed by atoms with Crippen molar-refractivity contribution in [2.45, 2.75) is 45.6 Å². The number of benzene rings is 1. The van der Waals surface area contributed by atoms with Crippen molar-refractivity contribution in [3.8, 4) is 0 Å². The summed E-state index contributed by atoms with van der Waals surface area (Å²) >= 11 is 0. The lowest BCUT2D eigenvalue weighted by molar-refractivity contribution is 0.0636. The highest BCUT2D eigenvalue weighted by Crippen LogP contribution is 2.47. The molecule has 0 spiro atoms. The largest absolute Gasteiger partial charge is 0.444 e. The molecule has 1 aliphatic rings. The number of anilines is 1. The van der Waals surface area contributed by atoms with Crippen LogP contribution in [0.15, 0.2) is 18.2 Å². The molecule has 0 heterocycles. The van der Waals surface area contributed by atoms with Gasteiger partial charge in [-0.3, -0.25) is 5.32 Å². The number of nitrogens with two attached hydrogens (primary N) is 1. The van der Waals surface area contributed by atoms with Crippen molar-refractivity contribution in [2.75, 3.05) is 11.9 Å². The molecular formula is C16H24N2O2. The van der Waals surface area contributed by atoms with E-state index in [-0.39, 0.29) is 0 Å². The van der Waals surface area contributed by atoms with E-state index in [1.807, 2.05) is 39.8 Å². The van der Waals surface area contributed by atoms with E-state index < -0.39 is 11.7 Å². The molecule has 4 heteroatoms. The van der Waals surface area contributed by atoms with E-state index in [4.69, 9.17) is 10.5 Å². The lowest BCUT2D eigenvalue weighted by Crippen LogP contribution is -2.27. The zero-order chi connectivity index (χ0) is 14.9. The Balaban J connectivity index is 2.07. The number of aryl methyl sites for hydroxylation is 1. The van der Waals surface area contributed by atoms with Crippen molar-refractivity contribution < 1.29 is 9.53 Å². The molecule has 4 nitrogen and oxygen atoms in total. The Morgan fingerprint density at radius 1 is 1.45 bits per heavy atom. The zero-order valence-corrected chi connectivity index (χ0v) is 12.7. The summed E-state index contributed by atoms with van der Waals surface area (Å²) in [6.45, 7) is 8.26. The number of hydrogen-bond acceptors (Lipinski definition) is 3. The SMILES string of the molecule is Cc1ccc(C2CC2CN)cc1NC(=O)OC(C)(C)C. The smallest absolute Gasteiger partial charge is 0.412 e. The summed E-state index contributed by atoms with van der Waals surface area (Å²) in [7, 11) is 0. The van der Waals surface area contributed by atoms with Crippen LogP contribution in [0.1, 0.15) is 44.2 Å². The van der Waals surface area contributed by atoms with Gasteiger partial charge in [-0.15, -0.1) is 0 Å². The van der Waals surface area contributed by atoms with Gasteiger partial charge in [0, 0.05) is 5.69 Å². The maximum atomic E-state index is 11.8. The Bertz CT molecular complexity index is 506. The van der Waals surface area contributed by atoms with Gasteiger partial charge in [-0.05, 0) is 69.7 Å². The molecule has 1 aromatic rings. The van der Waals surface area contributed by atoms with Crippen LogP contribution in [0.5, 0.6) is 0 Å². The molecule has 2 rings (SSSR count). The Kier molecular flexibility index (Phi) is 4.04. The fraction of sp³-hybridized carbons (Fsp3) is 0.562. The first-order valence-electron chi connectivity index (χ1n) is 7.11. The van der Waals surface area contributed by atoms with Gasteiger partial charge in [-0.1, -0.05) is 12.1 Å². The van der Waals surface area contributed by atoms with Crippen LogP contribution in [0.25, 0.3) is 0 Å². The van der Waals surface area contributed by atoms with Crippen LogP contribution in [-0.4, -0.2) is 18.2 Å². The zero-order valence-electron chi connectivity index (χ0n) is 12.7. The second-order valence-corrected chi connectivity index (χ2v) is 6.54. The standard InChI is InChI=1S/C16H24N2O2/c1-10-5-6-11(13-7-12(13)9-17)8-14(10)18-15(19)20-16(2,3)4/h5-6,8,12-13H,7,9,17H2,1-4H3,(H,18,19). The molecule has 1 fully saturated rings. The molecule has 0 aliphatic heterocycles. The van der Waals surface area contributed by atoms with E-state index in [2.05, 4.69) is 11.4 Å². The summed E-state index contributed by atoms with van der Waals surface area (Å²) in [5, 5.41) is 2.83. The maximum Gasteiger partial charge on any atom is 0.412 e. The van der Waals surface area contributed by atoms with Gasteiger partial charge in [-0.2, -0.15) is 0 Å². The molecule has 0 radical (unpaired) electrons. The fourth-order valence-electron chi connectivity index (χ4n) is 2.33. The molecule has 0 saturated heterocycles. The molecule has 3 N–H and O–H groups in total. The Morgan fingerprint density at radius 2 is 2.15 bits per heavy atom. The first-order chi connectivity index (χ1) is 9.30. The van der Waals surface area contributed by atoms with Gasteiger partial charge in [0.1, 0.15) is 5.60 Å². The second-order valence-electron chi connectivity index (χ2n) is 6.54. The van der Waals surface area contributed by atoms with Gasteiger partial charge in [-0.25, -0.2) is 4.79 Å². The molecule has 1 amide bonds. The van der Waals surface area contributed by atoms with E-state index in [0.717, 1.165) is 24.2 Å². The van der Waals surface area contributed by atoms with Gasteiger partial charge in [0.15, 0.2) is 0 Å². The monoisotopic (exact) mass is 276 g/mol. The van der Waals surface area contributed by atoms with Crippen LogP contribution in [0.4, 0.5) is 10.5 Å². The first kappa shape index (κ1) is 14.9. The van der Waals surface area contributed by atoms with Gasteiger partial charge in [0.2, 0.25) is 0 Å². The van der Waals surface area contributed by atoms with Crippen LogP contribution in [0.2, 0.25) is 0 Å². The van der Waals surface area contributed by atoms with Gasteiger partial charge < -0.3 is 10.5 Å². The topological polar surface area (TPSA) is 64.3 Å². The summed E-state index contributed by atoms with van der Waals surface area (Å²) < 4.78 is 5.28. The van der Waals surface area contributed by atoms with Gasteiger partial charge in [0.25, 0.3) is 0 Å². The van der Waals surface area contributed by atoms with Crippen LogP contribution >= 0.6 is 0 Å². The van der Waals surface area contributed by atoms with Crippen LogP contribution < -0.4 is 11.1 Å². The minimum Gasteiger partial charge on any atom is -0.444 e. The number of ether oxygens (including phenoxy) is 1. The van der Waals surface area contributed by atoms with E-state index >= 15 is 0 Å². The van der Waals surface area contributed by atoms with Crippen LogP contribution in [-0.2, 0) is 4.74 Å². The maximum absolute atomic E-state index is 11.8. The van der Waals surface area contributed by atoms with E-state index in [0.29, 0.717) is 11.8 Å². The normalized spacial score (nSPS) is 21.4. The summed E-state index contributed by atoms with van der Waals surface area (Å²) in [5.41, 5.74) is 8.30. The first-order valence-corrected chi connectivity index (χ1v) is 7.11. The van der Waals surface area contributed by atoms with Crippen molar-refractivity contribution in [3.05, 3.63) is 29.3 Å². The number of amides is 1. The van der Waals surface area contributed by atoms with Crippen molar-refractivity contribution in [1.29, 1.82) is 0 Å². The van der Waals surface area contributed by atoms with E-state index in [1.165, 1.54) is 5.56 Å². The van der Waals surface area contributed by atoms with Crippen molar-refractivity contribution in [3.63, 3.8) is 0 Å². The Labute approximate surface area is 120 Å². The van der Waals surface area contributed by atoms with Crippen molar-refractivity contribution in [2.24, 2.45) is 11.7 Å². The number of nitrogens with one attached hydrogen (secondary N) is 1. The molecule has 0 bridgehead atoms. The molecule has 110 valence electrons. The molecule has 0 aromatic heterocycles. The average molecular weight is 276 g/mol. The number of carbonyl (C=O) groups excluding carboxylic acids is 1. The average Bonchev–Trinajstić information content (AvgIpc) is 3.09. The summed E-state index contributed by atoms with van der Waals surface area (Å²) in [6, 6.07) is 6.20. The van der Waals surface area contributed by atoms with Crippen molar-refractivity contribution >= 4 is 11.8 Å². The highest BCUT2D eigenvalue weighted by Gasteiger charge is 2.37. The van der Waals surface area contributed by atoms with Gasteiger partial charge >= 0.3 is 6.09 Å². The summed E-state index contributed by atoms with van der Waals surface area (Å²) in [4.78, 5) is 11.8. The van der Waals surface area contributed by atoms with E-state index in [1.54, 1.807) is 0 Å². The number of hydrogen-bond donors (Lipinski definition) is 2. The molecule has 1 aliphatic carbocycles. The third-order valence-corrected chi connectivity index (χ3v) is 3.55. The second kappa shape index (κ2) is 5.44. The third kappa shape index (κ3) is 3.73. The van der Waals surface area contributed by atoms with Crippen LogP contribution in [0, 0.1) is 12.8 Å². The predicted molar refractivity (Wildman–Crippen MR) is 80.9 cm³/mol. The lowest BCUT2D eigenvalue weighted by Gasteiger charge is -2.20. The fourth-order valence-corrected chi connectivity index (χ4v) is 2.33. The highest BCUT2D eigenvalue weighted by atomic mass is 16.6. The minimum atomic E-state index is -0.489. The molecule has 20 heavy (non-hydrogen) atoms. The number of rotatable bonds is 3. The van der Waals surface area contributed by atoms with Crippen LogP contribution in [0.3, 0.4) is 0 Å². The predicted octanol–water partition coefficient (Wildman–Crippen LogP) is 3.40. The Morgan fingerprint density at radius 3 is 2.70 bits per heavy atom. The quantitative estimate of drug-likeness (QED) is 0.889. The molecule has 1 saturated carbocycles.